The molecule has 0 atom stereocenters. The first-order valence-corrected chi connectivity index (χ1v) is 7.20. The van der Waals surface area contributed by atoms with Gasteiger partial charge in [-0.05, 0) is 58.7 Å². The second-order valence-corrected chi connectivity index (χ2v) is 5.59. The van der Waals surface area contributed by atoms with Crippen molar-refractivity contribution in [3.05, 3.63) is 57.0 Å². The van der Waals surface area contributed by atoms with Gasteiger partial charge in [0.15, 0.2) is 0 Å². The summed E-state index contributed by atoms with van der Waals surface area (Å²) in [5, 5.41) is 0. The predicted octanol–water partition coefficient (Wildman–Crippen LogP) is 4.51. The summed E-state index contributed by atoms with van der Waals surface area (Å²) in [6, 6.07) is 13.8. The van der Waals surface area contributed by atoms with Gasteiger partial charge >= 0.3 is 0 Å². The van der Waals surface area contributed by atoms with Crippen LogP contribution in [0.25, 0.3) is 0 Å². The molecule has 4 heteroatoms. The second-order valence-electron chi connectivity index (χ2n) is 3.82. The third kappa shape index (κ3) is 3.34. The van der Waals surface area contributed by atoms with E-state index in [9.17, 15) is 0 Å². The van der Waals surface area contributed by atoms with Gasteiger partial charge in [0.1, 0.15) is 11.5 Å². The zero-order valence-corrected chi connectivity index (χ0v) is 12.9. The summed E-state index contributed by atoms with van der Waals surface area (Å²) in [6.07, 6.45) is 0.810. The van der Waals surface area contributed by atoms with Crippen LogP contribution in [0.2, 0.25) is 0 Å². The van der Waals surface area contributed by atoms with Gasteiger partial charge in [-0.15, -0.1) is 0 Å². The molecule has 0 unspecified atom stereocenters. The number of hydrogen-bond acceptors (Lipinski definition) is 2. The first kappa shape index (κ1) is 13.6. The van der Waals surface area contributed by atoms with Gasteiger partial charge in [-0.2, -0.15) is 0 Å². The molecule has 0 aliphatic heterocycles. The predicted molar refractivity (Wildman–Crippen MR) is 81.1 cm³/mol. The molecule has 0 aliphatic carbocycles. The molecular formula is C14H13Br2NO. The average Bonchev–Trinajstić information content (AvgIpc) is 2.35. The summed E-state index contributed by atoms with van der Waals surface area (Å²) in [7, 11) is 0. The molecule has 0 aliphatic rings. The van der Waals surface area contributed by atoms with Crippen molar-refractivity contribution in [2.75, 3.05) is 6.54 Å². The molecule has 2 aromatic rings. The number of ether oxygens (including phenoxy) is 1. The van der Waals surface area contributed by atoms with Crippen molar-refractivity contribution < 1.29 is 4.74 Å². The van der Waals surface area contributed by atoms with E-state index in [0.29, 0.717) is 6.54 Å². The first-order chi connectivity index (χ1) is 8.70. The highest BCUT2D eigenvalue weighted by atomic mass is 79.9. The van der Waals surface area contributed by atoms with Crippen molar-refractivity contribution in [3.8, 4) is 11.5 Å². The van der Waals surface area contributed by atoms with Gasteiger partial charge in [0.2, 0.25) is 0 Å². The smallest absolute Gasteiger partial charge is 0.141 e. The Morgan fingerprint density at radius 3 is 2.50 bits per heavy atom. The lowest BCUT2D eigenvalue weighted by atomic mass is 10.1. The van der Waals surface area contributed by atoms with Crippen LogP contribution in [0.4, 0.5) is 0 Å². The molecule has 0 heterocycles. The Morgan fingerprint density at radius 1 is 1.00 bits per heavy atom. The van der Waals surface area contributed by atoms with Gasteiger partial charge in [0.05, 0.1) is 4.47 Å². The molecule has 0 fully saturated rings. The van der Waals surface area contributed by atoms with E-state index in [-0.39, 0.29) is 0 Å². The highest BCUT2D eigenvalue weighted by molar-refractivity contribution is 9.11. The SMILES string of the molecule is NCCc1ccccc1Oc1ccc(Br)cc1Br. The molecule has 0 radical (unpaired) electrons. The Hall–Kier alpha value is -0.840. The van der Waals surface area contributed by atoms with E-state index in [1.807, 2.05) is 42.5 Å². The van der Waals surface area contributed by atoms with E-state index in [2.05, 4.69) is 31.9 Å². The van der Waals surface area contributed by atoms with Gasteiger partial charge < -0.3 is 10.5 Å². The molecule has 2 aromatic carbocycles. The Bertz CT molecular complexity index is 543. The van der Waals surface area contributed by atoms with Gasteiger partial charge in [0.25, 0.3) is 0 Å². The quantitative estimate of drug-likeness (QED) is 0.859. The van der Waals surface area contributed by atoms with Crippen molar-refractivity contribution in [3.63, 3.8) is 0 Å². The molecule has 2 N–H and O–H groups in total. The van der Waals surface area contributed by atoms with Crippen LogP contribution < -0.4 is 10.5 Å². The first-order valence-electron chi connectivity index (χ1n) is 5.61. The number of nitrogens with two attached hydrogens (primary N) is 1. The third-order valence-electron chi connectivity index (χ3n) is 2.50. The summed E-state index contributed by atoms with van der Waals surface area (Å²) in [5.41, 5.74) is 6.72. The largest absolute Gasteiger partial charge is 0.456 e. The van der Waals surface area contributed by atoms with Gasteiger partial charge in [0, 0.05) is 4.47 Å². The van der Waals surface area contributed by atoms with Crippen molar-refractivity contribution in [2.24, 2.45) is 5.73 Å². The number of para-hydroxylation sites is 1. The van der Waals surface area contributed by atoms with E-state index >= 15 is 0 Å². The maximum absolute atomic E-state index is 5.92. The van der Waals surface area contributed by atoms with Crippen LogP contribution in [0.5, 0.6) is 11.5 Å². The van der Waals surface area contributed by atoms with Crippen LogP contribution in [0.1, 0.15) is 5.56 Å². The van der Waals surface area contributed by atoms with Crippen LogP contribution in [-0.4, -0.2) is 6.54 Å². The van der Waals surface area contributed by atoms with Gasteiger partial charge in [-0.3, -0.25) is 0 Å². The average molecular weight is 371 g/mol. The Kier molecular flexibility index (Phi) is 4.80. The summed E-state index contributed by atoms with van der Waals surface area (Å²) in [4.78, 5) is 0. The van der Waals surface area contributed by atoms with E-state index in [0.717, 1.165) is 32.4 Å². The molecule has 0 spiro atoms. The number of hydrogen-bond donors (Lipinski definition) is 1. The molecule has 0 saturated heterocycles. The fraction of sp³-hybridized carbons (Fsp3) is 0.143. The lowest BCUT2D eigenvalue weighted by Gasteiger charge is -2.12. The molecule has 18 heavy (non-hydrogen) atoms. The van der Waals surface area contributed by atoms with Gasteiger partial charge in [-0.1, -0.05) is 34.1 Å². The fourth-order valence-electron chi connectivity index (χ4n) is 1.64. The minimum Gasteiger partial charge on any atom is -0.456 e. The molecule has 2 nitrogen and oxygen atoms in total. The van der Waals surface area contributed by atoms with Crippen molar-refractivity contribution in [1.29, 1.82) is 0 Å². The van der Waals surface area contributed by atoms with Gasteiger partial charge in [-0.25, -0.2) is 0 Å². The highest BCUT2D eigenvalue weighted by Gasteiger charge is 2.06. The number of benzene rings is 2. The topological polar surface area (TPSA) is 35.2 Å². The summed E-state index contributed by atoms with van der Waals surface area (Å²) in [5.74, 6) is 1.65. The Labute approximate surface area is 123 Å². The molecule has 0 saturated carbocycles. The van der Waals surface area contributed by atoms with Crippen molar-refractivity contribution in [1.82, 2.24) is 0 Å². The molecule has 0 bridgehead atoms. The lowest BCUT2D eigenvalue weighted by Crippen LogP contribution is -2.03. The van der Waals surface area contributed by atoms with Crippen LogP contribution in [-0.2, 0) is 6.42 Å². The fourth-order valence-corrected chi connectivity index (χ4v) is 2.77. The summed E-state index contributed by atoms with van der Waals surface area (Å²) >= 11 is 6.91. The maximum Gasteiger partial charge on any atom is 0.141 e. The molecule has 2 rings (SSSR count). The van der Waals surface area contributed by atoms with Crippen LogP contribution in [0.3, 0.4) is 0 Å². The van der Waals surface area contributed by atoms with E-state index in [4.69, 9.17) is 10.5 Å². The minimum absolute atomic E-state index is 0.613. The van der Waals surface area contributed by atoms with E-state index in [1.165, 1.54) is 0 Å². The highest BCUT2D eigenvalue weighted by Crippen LogP contribution is 2.33. The molecule has 0 amide bonds. The second kappa shape index (κ2) is 6.36. The molecule has 94 valence electrons. The van der Waals surface area contributed by atoms with Crippen molar-refractivity contribution >= 4 is 31.9 Å². The Morgan fingerprint density at radius 2 is 1.78 bits per heavy atom. The molecular weight excluding hydrogens is 358 g/mol. The third-order valence-corrected chi connectivity index (χ3v) is 3.61. The van der Waals surface area contributed by atoms with Crippen molar-refractivity contribution in [2.45, 2.75) is 6.42 Å². The number of halogens is 2. The zero-order chi connectivity index (χ0) is 13.0. The Balaban J connectivity index is 2.28. The van der Waals surface area contributed by atoms with E-state index in [1.54, 1.807) is 0 Å². The van der Waals surface area contributed by atoms with Crippen LogP contribution >= 0.6 is 31.9 Å². The standard InChI is InChI=1S/C14H13Br2NO/c15-11-5-6-14(12(16)9-11)18-13-4-2-1-3-10(13)7-8-17/h1-6,9H,7-8,17H2. The van der Waals surface area contributed by atoms with E-state index < -0.39 is 0 Å². The van der Waals surface area contributed by atoms with Crippen LogP contribution in [0, 0.1) is 0 Å². The monoisotopic (exact) mass is 369 g/mol. The normalized spacial score (nSPS) is 10.4. The number of rotatable bonds is 4. The molecule has 0 aromatic heterocycles. The lowest BCUT2D eigenvalue weighted by molar-refractivity contribution is 0.473. The zero-order valence-electron chi connectivity index (χ0n) is 9.70. The summed E-state index contributed by atoms with van der Waals surface area (Å²) in [6.45, 7) is 0.613. The minimum atomic E-state index is 0.613. The maximum atomic E-state index is 5.92. The summed E-state index contributed by atoms with van der Waals surface area (Å²) < 4.78 is 7.85. The van der Waals surface area contributed by atoms with Crippen LogP contribution in [0.15, 0.2) is 51.4 Å².